The summed E-state index contributed by atoms with van der Waals surface area (Å²) < 4.78 is 44.1. The lowest BCUT2D eigenvalue weighted by Gasteiger charge is -2.30. The number of hydrogen-bond donors (Lipinski definition) is 2. The second-order valence-corrected chi connectivity index (χ2v) is 11.3. The Balaban J connectivity index is 2.43. The third-order valence-corrected chi connectivity index (χ3v) is 8.27. The van der Waals surface area contributed by atoms with Crippen LogP contribution in [0.4, 0.5) is 4.79 Å². The Morgan fingerprint density at radius 1 is 0.935 bits per heavy atom. The summed E-state index contributed by atoms with van der Waals surface area (Å²) in [4.78, 5) is 12.6. The number of amides is 1. The van der Waals surface area contributed by atoms with Gasteiger partial charge in [-0.05, 0) is 44.5 Å². The molecule has 0 spiro atoms. The summed E-state index contributed by atoms with van der Waals surface area (Å²) in [6, 6.07) is 16.9. The van der Waals surface area contributed by atoms with Crippen molar-refractivity contribution in [2.45, 2.75) is 45.4 Å². The molecule has 0 aromatic heterocycles. The van der Waals surface area contributed by atoms with Gasteiger partial charge in [-0.15, -0.1) is 0 Å². The molecule has 0 fully saturated rings. The quantitative estimate of drug-likeness (QED) is 0.368. The van der Waals surface area contributed by atoms with Gasteiger partial charge in [0.05, 0.1) is 0 Å². The van der Waals surface area contributed by atoms with Crippen LogP contribution in [0.25, 0.3) is 0 Å². The molecular weight excluding hydrogens is 438 g/mol. The molecule has 2 unspecified atom stereocenters. The van der Waals surface area contributed by atoms with Gasteiger partial charge in [-0.25, -0.2) is 9.65 Å². The van der Waals surface area contributed by atoms with Crippen LogP contribution in [-0.2, 0) is 13.7 Å². The molecule has 2 atom stereocenters. The van der Waals surface area contributed by atoms with Crippen molar-refractivity contribution in [1.82, 2.24) is 10.4 Å². The number of carbonyl (C=O) groups excluding carboxylic acids is 1. The first-order valence-electron chi connectivity index (χ1n) is 10.1. The zero-order valence-corrected chi connectivity index (χ0v) is 20.0. The van der Waals surface area contributed by atoms with E-state index >= 15 is 0 Å². The molecule has 8 nitrogen and oxygen atoms in total. The van der Waals surface area contributed by atoms with Gasteiger partial charge >= 0.3 is 20.8 Å². The monoisotopic (exact) mass is 468 g/mol. The fraction of sp³-hybridized carbons (Fsp3) is 0.381. The number of benzene rings is 2. The highest BCUT2D eigenvalue weighted by molar-refractivity contribution is 7.74. The van der Waals surface area contributed by atoms with E-state index in [1.165, 1.54) is 0 Å². The molecule has 2 rings (SSSR count). The maximum atomic E-state index is 14.1. The lowest BCUT2D eigenvalue weighted by atomic mass is 10.3. The molecule has 0 bridgehead atoms. The zero-order chi connectivity index (χ0) is 22.9. The number of hydrogen-bond acceptors (Lipinski definition) is 6. The molecule has 1 amide bonds. The average Bonchev–Trinajstić information content (AvgIpc) is 2.74. The highest BCUT2D eigenvalue weighted by atomic mass is 31.2. The van der Waals surface area contributed by atoms with Crippen molar-refractivity contribution in [3.8, 4) is 11.5 Å². The van der Waals surface area contributed by atoms with E-state index in [4.69, 9.17) is 13.6 Å². The first-order valence-corrected chi connectivity index (χ1v) is 13.3. The first kappa shape index (κ1) is 25.2. The molecule has 0 saturated heterocycles. The van der Waals surface area contributed by atoms with Gasteiger partial charge in [-0.2, -0.15) is 0 Å². The third-order valence-electron chi connectivity index (χ3n) is 4.15. The van der Waals surface area contributed by atoms with Gasteiger partial charge in [-0.3, -0.25) is 9.36 Å². The third kappa shape index (κ3) is 7.22. The molecule has 0 aliphatic carbocycles. The Morgan fingerprint density at radius 2 is 1.42 bits per heavy atom. The molecule has 0 radical (unpaired) electrons. The summed E-state index contributed by atoms with van der Waals surface area (Å²) >= 11 is 0. The highest BCUT2D eigenvalue weighted by Gasteiger charge is 2.45. The minimum Gasteiger partial charge on any atom is -0.415 e. The van der Waals surface area contributed by atoms with Gasteiger partial charge < -0.3 is 18.9 Å². The van der Waals surface area contributed by atoms with Crippen LogP contribution in [0, 0.1) is 0 Å². The van der Waals surface area contributed by atoms with E-state index in [2.05, 4.69) is 10.4 Å². The number of para-hydroxylation sites is 2. The molecule has 31 heavy (non-hydrogen) atoms. The zero-order valence-electron chi connectivity index (χ0n) is 18.2. The van der Waals surface area contributed by atoms with E-state index in [1.54, 1.807) is 74.5 Å². The van der Waals surface area contributed by atoms with Crippen LogP contribution in [0.2, 0.25) is 0 Å². The van der Waals surface area contributed by atoms with E-state index < -0.39 is 26.5 Å². The molecular formula is C21H30N2O6P2. The van der Waals surface area contributed by atoms with Crippen molar-refractivity contribution in [1.29, 1.82) is 0 Å². The Morgan fingerprint density at radius 3 is 1.81 bits per heavy atom. The lowest BCUT2D eigenvalue weighted by molar-refractivity contribution is 0.249. The van der Waals surface area contributed by atoms with Crippen LogP contribution in [0.1, 0.15) is 33.6 Å². The van der Waals surface area contributed by atoms with Crippen molar-refractivity contribution in [3.63, 3.8) is 0 Å². The van der Waals surface area contributed by atoms with Crippen LogP contribution in [0.15, 0.2) is 60.7 Å². The van der Waals surface area contributed by atoms with Crippen LogP contribution < -0.4 is 19.5 Å². The van der Waals surface area contributed by atoms with Gasteiger partial charge in [-0.1, -0.05) is 49.7 Å². The number of rotatable bonds is 12. The SMILES string of the molecule is CCCC(NP(=O)(OC)C(=O)NC(C)C)P(=O)(Oc1ccccc1)Oc1ccccc1. The smallest absolute Gasteiger partial charge is 0.415 e. The van der Waals surface area contributed by atoms with Crippen molar-refractivity contribution in [2.24, 2.45) is 0 Å². The van der Waals surface area contributed by atoms with Gasteiger partial charge in [0.25, 0.3) is 0 Å². The second-order valence-electron chi connectivity index (χ2n) is 7.12. The predicted molar refractivity (Wildman–Crippen MR) is 122 cm³/mol. The second kappa shape index (κ2) is 11.5. The molecule has 2 N–H and O–H groups in total. The fourth-order valence-corrected chi connectivity index (χ4v) is 6.75. The van der Waals surface area contributed by atoms with E-state index in [-0.39, 0.29) is 12.5 Å². The standard InChI is InChI=1S/C21H30N2O6P2/c1-5-12-20(23-30(25,27-4)21(24)22-17(2)3)31(26,28-18-13-8-6-9-14-18)29-19-15-10-7-11-16-19/h6-11,13-17,20H,5,12H2,1-4H3,(H,22,24)(H,23,25). The van der Waals surface area contributed by atoms with Gasteiger partial charge in [0.2, 0.25) is 0 Å². The van der Waals surface area contributed by atoms with Crippen molar-refractivity contribution in [3.05, 3.63) is 60.7 Å². The first-order chi connectivity index (χ1) is 14.7. The molecule has 0 aliphatic heterocycles. The van der Waals surface area contributed by atoms with Gasteiger partial charge in [0, 0.05) is 13.2 Å². The minimum atomic E-state index is -4.07. The average molecular weight is 468 g/mol. The van der Waals surface area contributed by atoms with Crippen molar-refractivity contribution >= 4 is 20.8 Å². The Bertz CT molecular complexity index is 878. The molecule has 170 valence electrons. The number of carbonyl (C=O) groups is 1. The van der Waals surface area contributed by atoms with Gasteiger partial charge in [0.1, 0.15) is 17.3 Å². The summed E-state index contributed by atoms with van der Waals surface area (Å²) in [5.41, 5.74) is -0.808. The van der Waals surface area contributed by atoms with Crippen LogP contribution >= 0.6 is 15.1 Å². The van der Waals surface area contributed by atoms with E-state index in [0.29, 0.717) is 17.9 Å². The normalized spacial score (nSPS) is 14.5. The fourth-order valence-electron chi connectivity index (χ4n) is 2.69. The highest BCUT2D eigenvalue weighted by Crippen LogP contribution is 2.57. The topological polar surface area (TPSA) is 103 Å². The molecule has 2 aromatic carbocycles. The summed E-state index contributed by atoms with van der Waals surface area (Å²) in [5.74, 6) is -0.422. The molecule has 10 heteroatoms. The maximum Gasteiger partial charge on any atom is 0.448 e. The maximum absolute atomic E-state index is 14.1. The molecule has 0 heterocycles. The van der Waals surface area contributed by atoms with Crippen LogP contribution in [0.5, 0.6) is 11.5 Å². The summed E-state index contributed by atoms with van der Waals surface area (Å²) in [7, 11) is -6.92. The Kier molecular flexibility index (Phi) is 9.32. The van der Waals surface area contributed by atoms with E-state index in [0.717, 1.165) is 7.11 Å². The van der Waals surface area contributed by atoms with Gasteiger partial charge in [0.15, 0.2) is 0 Å². The van der Waals surface area contributed by atoms with Crippen LogP contribution in [-0.4, -0.2) is 24.6 Å². The predicted octanol–water partition coefficient (Wildman–Crippen LogP) is 6.01. The van der Waals surface area contributed by atoms with E-state index in [1.807, 2.05) is 6.92 Å². The summed E-state index contributed by atoms with van der Waals surface area (Å²) in [6.45, 7) is 5.35. The largest absolute Gasteiger partial charge is 0.448 e. The lowest BCUT2D eigenvalue weighted by Crippen LogP contribution is -2.38. The van der Waals surface area contributed by atoms with Crippen molar-refractivity contribution in [2.75, 3.05) is 7.11 Å². The molecule has 0 aliphatic rings. The minimum absolute atomic E-state index is 0.254. The van der Waals surface area contributed by atoms with Crippen LogP contribution in [0.3, 0.4) is 0 Å². The Hall–Kier alpha value is -2.11. The summed E-state index contributed by atoms with van der Waals surface area (Å²) in [6.07, 6.45) is 0.826. The number of nitrogens with one attached hydrogen (secondary N) is 2. The molecule has 0 saturated carbocycles. The molecule has 2 aromatic rings. The van der Waals surface area contributed by atoms with E-state index in [9.17, 15) is 13.9 Å². The Labute approximate surface area is 183 Å². The summed E-state index contributed by atoms with van der Waals surface area (Å²) in [5, 5.41) is 5.25. The van der Waals surface area contributed by atoms with Crippen molar-refractivity contribution < 1.29 is 27.5 Å².